The van der Waals surface area contributed by atoms with E-state index in [1.165, 1.54) is 11.1 Å². The molecule has 3 aromatic rings. The van der Waals surface area contributed by atoms with Crippen molar-refractivity contribution in [3.8, 4) is 11.1 Å². The van der Waals surface area contributed by atoms with Crippen molar-refractivity contribution in [2.24, 2.45) is 0 Å². The van der Waals surface area contributed by atoms with Gasteiger partial charge < -0.3 is 5.73 Å². The summed E-state index contributed by atoms with van der Waals surface area (Å²) in [4.78, 5) is 0. The van der Waals surface area contributed by atoms with Gasteiger partial charge in [-0.2, -0.15) is 5.10 Å². The largest absolute Gasteiger partial charge is 0.398 e. The average molecular weight is 263 g/mol. The lowest BCUT2D eigenvalue weighted by molar-refractivity contribution is 0.684. The summed E-state index contributed by atoms with van der Waals surface area (Å²) in [5.41, 5.74) is 11.4. The quantitative estimate of drug-likeness (QED) is 0.735. The van der Waals surface area contributed by atoms with E-state index >= 15 is 0 Å². The van der Waals surface area contributed by atoms with E-state index in [4.69, 9.17) is 5.73 Å². The molecule has 0 saturated carbocycles. The second kappa shape index (κ2) is 5.21. The molecular weight excluding hydrogens is 246 g/mol. The molecule has 0 amide bonds. The van der Waals surface area contributed by atoms with E-state index in [-0.39, 0.29) is 0 Å². The highest BCUT2D eigenvalue weighted by Crippen LogP contribution is 2.25. The molecule has 0 fully saturated rings. The number of para-hydroxylation sites is 1. The maximum Gasteiger partial charge on any atom is 0.0662 e. The first kappa shape index (κ1) is 12.5. The van der Waals surface area contributed by atoms with E-state index in [0.717, 1.165) is 23.4 Å². The van der Waals surface area contributed by atoms with Gasteiger partial charge in [0, 0.05) is 23.0 Å². The van der Waals surface area contributed by atoms with E-state index in [1.807, 2.05) is 41.3 Å². The van der Waals surface area contributed by atoms with Gasteiger partial charge in [0.15, 0.2) is 0 Å². The lowest BCUT2D eigenvalue weighted by atomic mass is 10.1. The van der Waals surface area contributed by atoms with Crippen LogP contribution in [0.2, 0.25) is 0 Å². The third-order valence-corrected chi connectivity index (χ3v) is 3.50. The van der Waals surface area contributed by atoms with Crippen LogP contribution in [0.1, 0.15) is 11.1 Å². The van der Waals surface area contributed by atoms with E-state index in [2.05, 4.69) is 36.3 Å². The van der Waals surface area contributed by atoms with Crippen LogP contribution in [0, 0.1) is 6.92 Å². The summed E-state index contributed by atoms with van der Waals surface area (Å²) in [6, 6.07) is 16.2. The number of benzene rings is 2. The number of rotatable bonds is 3. The number of hydrogen-bond acceptors (Lipinski definition) is 2. The number of nitrogen functional groups attached to an aromatic ring is 1. The lowest BCUT2D eigenvalue weighted by Crippen LogP contribution is -2.01. The number of anilines is 1. The summed E-state index contributed by atoms with van der Waals surface area (Å²) in [6.45, 7) is 2.90. The highest BCUT2D eigenvalue weighted by atomic mass is 15.3. The van der Waals surface area contributed by atoms with Gasteiger partial charge in [0.05, 0.1) is 12.7 Å². The molecule has 0 aliphatic rings. The predicted molar refractivity (Wildman–Crippen MR) is 82.4 cm³/mol. The van der Waals surface area contributed by atoms with Gasteiger partial charge >= 0.3 is 0 Å². The summed E-state index contributed by atoms with van der Waals surface area (Å²) < 4.78 is 1.95. The Morgan fingerprint density at radius 3 is 2.60 bits per heavy atom. The Labute approximate surface area is 118 Å². The average Bonchev–Trinajstić information content (AvgIpc) is 2.90. The van der Waals surface area contributed by atoms with Crippen LogP contribution >= 0.6 is 0 Å². The van der Waals surface area contributed by atoms with Gasteiger partial charge in [0.2, 0.25) is 0 Å². The minimum Gasteiger partial charge on any atom is -0.398 e. The SMILES string of the molecule is Cc1ccccc1Cn1cc(-c2ccccc2N)cn1. The van der Waals surface area contributed by atoms with Crippen LogP contribution in [-0.2, 0) is 6.54 Å². The number of aryl methyl sites for hydroxylation is 1. The van der Waals surface area contributed by atoms with Crippen LogP contribution in [0.25, 0.3) is 11.1 Å². The molecule has 0 radical (unpaired) electrons. The third-order valence-electron chi connectivity index (χ3n) is 3.50. The first-order chi connectivity index (χ1) is 9.74. The van der Waals surface area contributed by atoms with Crippen molar-refractivity contribution in [1.82, 2.24) is 9.78 Å². The Morgan fingerprint density at radius 1 is 1.05 bits per heavy atom. The fourth-order valence-electron chi connectivity index (χ4n) is 2.31. The number of nitrogens with zero attached hydrogens (tertiary/aromatic N) is 2. The van der Waals surface area contributed by atoms with Crippen LogP contribution in [0.4, 0.5) is 5.69 Å². The van der Waals surface area contributed by atoms with Gasteiger partial charge in [-0.05, 0) is 24.1 Å². The maximum atomic E-state index is 6.00. The summed E-state index contributed by atoms with van der Waals surface area (Å²) in [5.74, 6) is 0. The molecule has 100 valence electrons. The first-order valence-electron chi connectivity index (χ1n) is 6.66. The highest BCUT2D eigenvalue weighted by molar-refractivity contribution is 5.75. The summed E-state index contributed by atoms with van der Waals surface area (Å²) >= 11 is 0. The Morgan fingerprint density at radius 2 is 1.80 bits per heavy atom. The standard InChI is InChI=1S/C17H17N3/c1-13-6-2-3-7-14(13)11-20-12-15(10-19-20)16-8-4-5-9-17(16)18/h2-10,12H,11,18H2,1H3. The van der Waals surface area contributed by atoms with Crippen molar-refractivity contribution < 1.29 is 0 Å². The van der Waals surface area contributed by atoms with Crippen LogP contribution in [0.15, 0.2) is 60.9 Å². The van der Waals surface area contributed by atoms with Gasteiger partial charge in [-0.15, -0.1) is 0 Å². The molecule has 0 atom stereocenters. The van der Waals surface area contributed by atoms with E-state index in [1.54, 1.807) is 0 Å². The van der Waals surface area contributed by atoms with Crippen LogP contribution in [-0.4, -0.2) is 9.78 Å². The fraction of sp³-hybridized carbons (Fsp3) is 0.118. The van der Waals surface area contributed by atoms with E-state index in [0.29, 0.717) is 0 Å². The van der Waals surface area contributed by atoms with E-state index < -0.39 is 0 Å². The van der Waals surface area contributed by atoms with Crippen LogP contribution in [0.5, 0.6) is 0 Å². The maximum absolute atomic E-state index is 6.00. The fourth-order valence-corrected chi connectivity index (χ4v) is 2.31. The molecule has 0 saturated heterocycles. The summed E-state index contributed by atoms with van der Waals surface area (Å²) in [5, 5.41) is 4.43. The molecule has 1 heterocycles. The second-order valence-corrected chi connectivity index (χ2v) is 4.94. The smallest absolute Gasteiger partial charge is 0.0662 e. The van der Waals surface area contributed by atoms with Gasteiger partial charge in [0.25, 0.3) is 0 Å². The molecule has 3 rings (SSSR count). The van der Waals surface area contributed by atoms with Crippen molar-refractivity contribution in [3.05, 3.63) is 72.1 Å². The minimum atomic E-state index is 0.777. The molecule has 0 aliphatic carbocycles. The zero-order valence-corrected chi connectivity index (χ0v) is 11.5. The van der Waals surface area contributed by atoms with Gasteiger partial charge in [0.1, 0.15) is 0 Å². The molecule has 2 N–H and O–H groups in total. The molecule has 0 bridgehead atoms. The number of nitrogens with two attached hydrogens (primary N) is 1. The second-order valence-electron chi connectivity index (χ2n) is 4.94. The highest BCUT2D eigenvalue weighted by Gasteiger charge is 2.06. The molecular formula is C17H17N3. The minimum absolute atomic E-state index is 0.777. The van der Waals surface area contributed by atoms with E-state index in [9.17, 15) is 0 Å². The third kappa shape index (κ3) is 2.43. The molecule has 20 heavy (non-hydrogen) atoms. The zero-order valence-electron chi connectivity index (χ0n) is 11.5. The van der Waals surface area contributed by atoms with Gasteiger partial charge in [-0.3, -0.25) is 4.68 Å². The van der Waals surface area contributed by atoms with Gasteiger partial charge in [-0.1, -0.05) is 42.5 Å². The van der Waals surface area contributed by atoms with Crippen molar-refractivity contribution in [2.45, 2.75) is 13.5 Å². The normalized spacial score (nSPS) is 10.7. The zero-order chi connectivity index (χ0) is 13.9. The Kier molecular flexibility index (Phi) is 3.25. The molecule has 1 aromatic heterocycles. The topological polar surface area (TPSA) is 43.8 Å². The molecule has 0 spiro atoms. The molecule has 0 aliphatic heterocycles. The Hall–Kier alpha value is -2.55. The van der Waals surface area contributed by atoms with Crippen molar-refractivity contribution in [2.75, 3.05) is 5.73 Å². The Bertz CT molecular complexity index is 728. The summed E-state index contributed by atoms with van der Waals surface area (Å²) in [7, 11) is 0. The lowest BCUT2D eigenvalue weighted by Gasteiger charge is -2.05. The molecule has 2 aromatic carbocycles. The monoisotopic (exact) mass is 263 g/mol. The number of aromatic nitrogens is 2. The number of hydrogen-bond donors (Lipinski definition) is 1. The predicted octanol–water partition coefficient (Wildman–Crippen LogP) is 3.49. The molecule has 3 heteroatoms. The van der Waals surface area contributed by atoms with Crippen LogP contribution < -0.4 is 5.73 Å². The van der Waals surface area contributed by atoms with Crippen molar-refractivity contribution >= 4 is 5.69 Å². The van der Waals surface area contributed by atoms with Crippen molar-refractivity contribution in [1.29, 1.82) is 0 Å². The summed E-state index contributed by atoms with van der Waals surface area (Å²) in [6.07, 6.45) is 3.90. The van der Waals surface area contributed by atoms with Crippen LogP contribution in [0.3, 0.4) is 0 Å². The Balaban J connectivity index is 1.88. The molecule has 0 unspecified atom stereocenters. The van der Waals surface area contributed by atoms with Gasteiger partial charge in [-0.25, -0.2) is 0 Å². The van der Waals surface area contributed by atoms with Crippen molar-refractivity contribution in [3.63, 3.8) is 0 Å². The molecule has 3 nitrogen and oxygen atoms in total. The first-order valence-corrected chi connectivity index (χ1v) is 6.66.